The number of aliphatic hydroxyl groups excluding tert-OH is 4. The zero-order valence-corrected chi connectivity index (χ0v) is 32.5. The largest absolute Gasteiger partial charge is 0.508 e. The standard InChI is InChI=1S/C15H26B2N4O8.C14H28B2N4O7/c1-7-5-9(19-14(20-16(3)25)21-17(4)26)11(18-8(2)22)13(28-7)12(23)10-6-27-15(24)29-10;1-7-5-9(18-14(19-15(3)25)20-16(4)26)11(17-8(2)22)13(27-7)12(24)10(23)6-21/h5,9-13,23,25-26H,6H2,1-4H3,(H,18,22)(H2,19,20,21);5,9-13,21,23-26H,6H2,1-4H3,(H,17,22)(H2,18,19,20)/t2*9?,10?,11-,12-,13-/m11/s1. The summed E-state index contributed by atoms with van der Waals surface area (Å²) in [6.07, 6.45) is -4.89. The number of carbonyl (C=O) groups excluding carboxylic acids is 3. The average Bonchev–Trinajstić information content (AvgIpc) is 3.50. The first-order chi connectivity index (χ1) is 26.1. The van der Waals surface area contributed by atoms with Crippen molar-refractivity contribution in [1.29, 1.82) is 0 Å². The third kappa shape index (κ3) is 15.7. The van der Waals surface area contributed by atoms with E-state index in [0.29, 0.717) is 11.5 Å². The molecule has 27 heteroatoms. The summed E-state index contributed by atoms with van der Waals surface area (Å²) in [6.45, 7) is 10.8. The molecular formula is C29H54B4N8O15. The number of nitrogens with one attached hydrogen (secondary N) is 6. The van der Waals surface area contributed by atoms with Gasteiger partial charge in [0.1, 0.15) is 31.0 Å². The molecule has 10 atom stereocenters. The lowest BCUT2D eigenvalue weighted by Crippen LogP contribution is -2.64. The van der Waals surface area contributed by atoms with E-state index in [0.717, 1.165) is 0 Å². The van der Waals surface area contributed by atoms with Crippen molar-refractivity contribution in [1.82, 2.24) is 31.7 Å². The number of ether oxygens (including phenoxy) is 4. The Morgan fingerprint density at radius 1 is 0.768 bits per heavy atom. The summed E-state index contributed by atoms with van der Waals surface area (Å²) in [7, 11) is -4.08. The van der Waals surface area contributed by atoms with Gasteiger partial charge >= 0.3 is 34.4 Å². The molecule has 0 aromatic carbocycles. The topological polar surface area (TPSA) is 347 Å². The quantitative estimate of drug-likeness (QED) is 0.0358. The molecule has 0 aromatic rings. The first-order valence-electron chi connectivity index (χ1n) is 17.8. The van der Waals surface area contributed by atoms with E-state index in [9.17, 15) is 49.8 Å². The van der Waals surface area contributed by atoms with E-state index >= 15 is 0 Å². The third-order valence-electron chi connectivity index (χ3n) is 7.87. The molecule has 1 saturated heterocycles. The van der Waals surface area contributed by atoms with Gasteiger partial charge in [0, 0.05) is 13.8 Å². The van der Waals surface area contributed by atoms with Crippen LogP contribution < -0.4 is 31.7 Å². The van der Waals surface area contributed by atoms with E-state index in [4.69, 9.17) is 24.1 Å². The first kappa shape index (κ1) is 47.9. The molecule has 0 spiro atoms. The molecule has 0 aromatic heterocycles. The highest BCUT2D eigenvalue weighted by Gasteiger charge is 2.46. The molecule has 0 saturated carbocycles. The number of rotatable bonds is 13. The number of hydrogen-bond donors (Lipinski definition) is 14. The molecule has 3 rings (SSSR count). The van der Waals surface area contributed by atoms with Crippen LogP contribution in [0.15, 0.2) is 33.5 Å². The zero-order chi connectivity index (χ0) is 42.4. The molecule has 2 amide bonds. The first-order valence-corrected chi connectivity index (χ1v) is 17.8. The predicted molar refractivity (Wildman–Crippen MR) is 204 cm³/mol. The van der Waals surface area contributed by atoms with Gasteiger partial charge < -0.3 is 91.2 Å². The highest BCUT2D eigenvalue weighted by atomic mass is 16.8. The lowest BCUT2D eigenvalue weighted by atomic mass is 9.87. The van der Waals surface area contributed by atoms with E-state index < -0.39 is 108 Å². The minimum atomic E-state index is -1.48. The third-order valence-corrected chi connectivity index (χ3v) is 7.87. The fourth-order valence-electron chi connectivity index (χ4n) is 5.78. The van der Waals surface area contributed by atoms with Gasteiger partial charge in [-0.05, 0) is 53.3 Å². The number of allylic oxidation sites excluding steroid dienone is 2. The number of aliphatic hydroxyl groups is 4. The van der Waals surface area contributed by atoms with Gasteiger partial charge in [0.2, 0.25) is 11.8 Å². The summed E-state index contributed by atoms with van der Waals surface area (Å²) in [5.74, 6) is 0.181. The Morgan fingerprint density at radius 2 is 1.20 bits per heavy atom. The fraction of sp³-hybridized carbons (Fsp3) is 0.690. The van der Waals surface area contributed by atoms with Crippen molar-refractivity contribution in [3.63, 3.8) is 0 Å². The molecular weight excluding hydrogens is 744 g/mol. The van der Waals surface area contributed by atoms with E-state index in [-0.39, 0.29) is 24.4 Å². The van der Waals surface area contributed by atoms with Gasteiger partial charge in [-0.25, -0.2) is 4.79 Å². The van der Waals surface area contributed by atoms with Crippen LogP contribution in [0.2, 0.25) is 27.3 Å². The number of guanidine groups is 2. The maximum absolute atomic E-state index is 11.8. The minimum Gasteiger partial charge on any atom is -0.490 e. The maximum atomic E-state index is 11.8. The SMILES string of the molecule is CB(O)N=C(NB(C)O)NC1C=C(C)O[C@@H]([C@H](O)C(O)CO)[C@@H]1NC(C)=O.CB(O)N=C(NB(C)O)NC1C=C(C)O[C@@H]([C@H](O)C2COC(=O)O2)[C@@H]1NC(C)=O. The summed E-state index contributed by atoms with van der Waals surface area (Å²) in [4.78, 5) is 42.5. The van der Waals surface area contributed by atoms with Crippen LogP contribution in [0, 0.1) is 0 Å². The number of amides is 2. The smallest absolute Gasteiger partial charge is 0.490 e. The second-order valence-electron chi connectivity index (χ2n) is 13.3. The molecule has 0 bridgehead atoms. The molecule has 56 heavy (non-hydrogen) atoms. The van der Waals surface area contributed by atoms with Crippen molar-refractivity contribution < 1.29 is 73.9 Å². The highest BCUT2D eigenvalue weighted by Crippen LogP contribution is 2.26. The summed E-state index contributed by atoms with van der Waals surface area (Å²) in [5, 5.41) is 94.7. The van der Waals surface area contributed by atoms with Crippen LogP contribution in [0.25, 0.3) is 0 Å². The lowest BCUT2D eigenvalue weighted by Gasteiger charge is -2.41. The Balaban J connectivity index is 0.000000388. The van der Waals surface area contributed by atoms with Gasteiger partial charge in [0.05, 0.1) is 42.3 Å². The molecule has 4 unspecified atom stereocenters. The van der Waals surface area contributed by atoms with Crippen molar-refractivity contribution in [2.45, 2.75) is 116 Å². The monoisotopic (exact) mass is 798 g/mol. The molecule has 3 aliphatic heterocycles. The zero-order valence-electron chi connectivity index (χ0n) is 32.5. The summed E-state index contributed by atoms with van der Waals surface area (Å²) in [6, 6.07) is -2.97. The Morgan fingerprint density at radius 3 is 1.55 bits per heavy atom. The molecule has 1 fully saturated rings. The fourth-order valence-corrected chi connectivity index (χ4v) is 5.78. The van der Waals surface area contributed by atoms with Crippen LogP contribution in [0.5, 0.6) is 0 Å². The van der Waals surface area contributed by atoms with Gasteiger partial charge in [-0.1, -0.05) is 0 Å². The van der Waals surface area contributed by atoms with Gasteiger partial charge in [-0.3, -0.25) is 19.4 Å². The minimum absolute atomic E-state index is 0.0576. The highest BCUT2D eigenvalue weighted by molar-refractivity contribution is 6.53. The average molecular weight is 798 g/mol. The van der Waals surface area contributed by atoms with E-state index in [1.54, 1.807) is 26.0 Å². The second-order valence-corrected chi connectivity index (χ2v) is 13.3. The van der Waals surface area contributed by atoms with Crippen molar-refractivity contribution in [2.24, 2.45) is 9.81 Å². The van der Waals surface area contributed by atoms with Crippen LogP contribution in [-0.2, 0) is 28.5 Å². The number of nitrogens with zero attached hydrogens (tertiary/aromatic N) is 2. The molecule has 312 valence electrons. The van der Waals surface area contributed by atoms with Crippen molar-refractivity contribution in [3.8, 4) is 0 Å². The summed E-state index contributed by atoms with van der Waals surface area (Å²) < 4.78 is 21.0. The summed E-state index contributed by atoms with van der Waals surface area (Å²) in [5.41, 5.74) is 0. The van der Waals surface area contributed by atoms with E-state index in [2.05, 4.69) is 41.5 Å². The van der Waals surface area contributed by atoms with Gasteiger partial charge in [-0.15, -0.1) is 0 Å². The van der Waals surface area contributed by atoms with Crippen LogP contribution in [0.4, 0.5) is 4.79 Å². The molecule has 3 aliphatic rings. The number of cyclic esters (lactones) is 2. The van der Waals surface area contributed by atoms with E-state index in [1.165, 1.54) is 41.1 Å². The Labute approximate surface area is 325 Å². The summed E-state index contributed by atoms with van der Waals surface area (Å²) >= 11 is 0. The lowest BCUT2D eigenvalue weighted by molar-refractivity contribution is -0.126. The normalized spacial score (nSPS) is 26.3. The van der Waals surface area contributed by atoms with E-state index in [1.807, 2.05) is 0 Å². The van der Waals surface area contributed by atoms with Crippen molar-refractivity contribution in [2.75, 3.05) is 13.2 Å². The molecule has 0 aliphatic carbocycles. The second kappa shape index (κ2) is 22.5. The Hall–Kier alpha value is -4.23. The van der Waals surface area contributed by atoms with Crippen LogP contribution in [0.3, 0.4) is 0 Å². The Kier molecular flexibility index (Phi) is 19.2. The predicted octanol–water partition coefficient (Wildman–Crippen LogP) is -5.55. The van der Waals surface area contributed by atoms with Gasteiger partial charge in [0.25, 0.3) is 0 Å². The maximum Gasteiger partial charge on any atom is 0.508 e. The van der Waals surface area contributed by atoms with Crippen LogP contribution in [0.1, 0.15) is 27.7 Å². The van der Waals surface area contributed by atoms with Crippen molar-refractivity contribution >= 4 is 58.1 Å². The van der Waals surface area contributed by atoms with Crippen molar-refractivity contribution in [3.05, 3.63) is 23.7 Å². The van der Waals surface area contributed by atoms with Crippen LogP contribution >= 0.6 is 0 Å². The molecule has 23 nitrogen and oxygen atoms in total. The molecule has 0 radical (unpaired) electrons. The van der Waals surface area contributed by atoms with Gasteiger partial charge in [-0.2, -0.15) is 0 Å². The number of hydrogen-bond acceptors (Lipinski definition) is 17. The molecule has 14 N–H and O–H groups in total. The van der Waals surface area contributed by atoms with Gasteiger partial charge in [0.15, 0.2) is 24.1 Å². The van der Waals surface area contributed by atoms with Crippen LogP contribution in [-0.4, -0.2) is 173 Å². The number of carbonyl (C=O) groups is 3. The molecule has 3 heterocycles. The Bertz CT molecular complexity index is 1440.